The molecule has 5 nitrogen and oxygen atoms in total. The Kier molecular flexibility index (Phi) is 4.04. The Morgan fingerprint density at radius 2 is 1.89 bits per heavy atom. The van der Waals surface area contributed by atoms with Crippen molar-refractivity contribution in [1.29, 1.82) is 0 Å². The predicted molar refractivity (Wildman–Crippen MR) is 70.8 cm³/mol. The zero-order valence-electron chi connectivity index (χ0n) is 12.1. The Labute approximate surface area is 114 Å². The van der Waals surface area contributed by atoms with Gasteiger partial charge in [-0.3, -0.25) is 4.90 Å². The highest BCUT2D eigenvalue weighted by Crippen LogP contribution is 2.32. The molecule has 2 rings (SSSR count). The highest BCUT2D eigenvalue weighted by Gasteiger charge is 2.41. The molecule has 108 valence electrons. The molecule has 2 bridgehead atoms. The van der Waals surface area contributed by atoms with E-state index in [0.29, 0.717) is 13.2 Å². The number of morpholine rings is 1. The molecule has 0 aromatic heterocycles. The largest absolute Gasteiger partial charge is 0.504 e. The van der Waals surface area contributed by atoms with Crippen LogP contribution < -0.4 is 0 Å². The van der Waals surface area contributed by atoms with Crippen molar-refractivity contribution in [3.63, 3.8) is 0 Å². The van der Waals surface area contributed by atoms with Crippen molar-refractivity contribution in [3.8, 4) is 0 Å². The van der Waals surface area contributed by atoms with Gasteiger partial charge in [0.15, 0.2) is 0 Å². The summed E-state index contributed by atoms with van der Waals surface area (Å²) in [6, 6.07) is 0.118. The van der Waals surface area contributed by atoms with Crippen LogP contribution in [-0.4, -0.2) is 49.0 Å². The molecule has 2 atom stereocenters. The van der Waals surface area contributed by atoms with Crippen molar-refractivity contribution in [1.82, 2.24) is 4.90 Å². The number of rotatable bonds is 1. The topological polar surface area (TPSA) is 48.0 Å². The number of carbonyl (C=O) groups is 1. The SMILES string of the molecule is COC=C1CC2COCC(C1)N2C(=O)OC(C)(C)C. The summed E-state index contributed by atoms with van der Waals surface area (Å²) in [5, 5.41) is 0. The van der Waals surface area contributed by atoms with Crippen LogP contribution in [0.1, 0.15) is 33.6 Å². The van der Waals surface area contributed by atoms with Gasteiger partial charge < -0.3 is 14.2 Å². The third kappa shape index (κ3) is 3.41. The Hall–Kier alpha value is -1.23. The van der Waals surface area contributed by atoms with Gasteiger partial charge in [-0.15, -0.1) is 0 Å². The maximum Gasteiger partial charge on any atom is 0.410 e. The van der Waals surface area contributed by atoms with E-state index in [4.69, 9.17) is 14.2 Å². The van der Waals surface area contributed by atoms with Gasteiger partial charge in [0, 0.05) is 0 Å². The summed E-state index contributed by atoms with van der Waals surface area (Å²) in [6.07, 6.45) is 3.15. The summed E-state index contributed by atoms with van der Waals surface area (Å²) in [6.45, 7) is 6.79. The Morgan fingerprint density at radius 3 is 2.37 bits per heavy atom. The first-order valence-corrected chi connectivity index (χ1v) is 6.70. The molecule has 5 heteroatoms. The van der Waals surface area contributed by atoms with Crippen LogP contribution in [0, 0.1) is 0 Å². The summed E-state index contributed by atoms with van der Waals surface area (Å²) in [5.41, 5.74) is 0.773. The van der Waals surface area contributed by atoms with Gasteiger partial charge in [-0.25, -0.2) is 4.79 Å². The average molecular weight is 269 g/mol. The van der Waals surface area contributed by atoms with Gasteiger partial charge in [-0.05, 0) is 39.2 Å². The smallest absolute Gasteiger partial charge is 0.410 e. The lowest BCUT2D eigenvalue weighted by molar-refractivity contribution is -0.0696. The molecule has 1 amide bonds. The third-order valence-corrected chi connectivity index (χ3v) is 3.29. The first-order chi connectivity index (χ1) is 8.90. The molecule has 2 unspecified atom stereocenters. The number of methoxy groups -OCH3 is 1. The fourth-order valence-electron chi connectivity index (χ4n) is 2.68. The molecule has 0 aliphatic carbocycles. The number of nitrogens with zero attached hydrogens (tertiary/aromatic N) is 1. The van der Waals surface area contributed by atoms with Gasteiger partial charge in [0.1, 0.15) is 5.60 Å². The molecular weight excluding hydrogens is 246 g/mol. The molecule has 2 fully saturated rings. The summed E-state index contributed by atoms with van der Waals surface area (Å²) in [5.74, 6) is 0. The molecule has 0 aromatic rings. The van der Waals surface area contributed by atoms with Gasteiger partial charge in [-0.2, -0.15) is 0 Å². The van der Waals surface area contributed by atoms with Gasteiger partial charge in [-0.1, -0.05) is 0 Å². The van der Waals surface area contributed by atoms with E-state index in [-0.39, 0.29) is 18.2 Å². The van der Waals surface area contributed by atoms with E-state index in [0.717, 1.165) is 12.8 Å². The number of amides is 1. The van der Waals surface area contributed by atoms with E-state index in [1.54, 1.807) is 13.4 Å². The van der Waals surface area contributed by atoms with Gasteiger partial charge in [0.2, 0.25) is 0 Å². The second-order valence-electron chi connectivity index (χ2n) is 6.15. The van der Waals surface area contributed by atoms with E-state index in [1.807, 2.05) is 25.7 Å². The molecule has 2 heterocycles. The molecule has 0 aromatic carbocycles. The highest BCUT2D eigenvalue weighted by molar-refractivity contribution is 5.69. The van der Waals surface area contributed by atoms with E-state index in [2.05, 4.69) is 0 Å². The summed E-state index contributed by atoms with van der Waals surface area (Å²) in [7, 11) is 1.65. The Bertz CT molecular complexity index is 356. The lowest BCUT2D eigenvalue weighted by atomic mass is 9.91. The second kappa shape index (κ2) is 5.41. The van der Waals surface area contributed by atoms with Crippen molar-refractivity contribution in [2.75, 3.05) is 20.3 Å². The van der Waals surface area contributed by atoms with Gasteiger partial charge in [0.05, 0.1) is 38.7 Å². The monoisotopic (exact) mass is 269 g/mol. The predicted octanol–water partition coefficient (Wildman–Crippen LogP) is 2.32. The van der Waals surface area contributed by atoms with Crippen molar-refractivity contribution >= 4 is 6.09 Å². The van der Waals surface area contributed by atoms with E-state index in [1.165, 1.54) is 5.57 Å². The van der Waals surface area contributed by atoms with Crippen molar-refractivity contribution in [2.24, 2.45) is 0 Å². The van der Waals surface area contributed by atoms with Crippen LogP contribution >= 0.6 is 0 Å². The van der Waals surface area contributed by atoms with Crippen LogP contribution in [0.4, 0.5) is 4.79 Å². The number of carbonyl (C=O) groups excluding carboxylic acids is 1. The Morgan fingerprint density at radius 1 is 1.32 bits per heavy atom. The van der Waals surface area contributed by atoms with E-state index in [9.17, 15) is 4.79 Å². The zero-order valence-corrected chi connectivity index (χ0v) is 12.1. The molecule has 2 saturated heterocycles. The van der Waals surface area contributed by atoms with Crippen LogP contribution in [-0.2, 0) is 14.2 Å². The minimum Gasteiger partial charge on any atom is -0.504 e. The van der Waals surface area contributed by atoms with Gasteiger partial charge in [0.25, 0.3) is 0 Å². The fourth-order valence-corrected chi connectivity index (χ4v) is 2.68. The first kappa shape index (κ1) is 14.2. The Balaban J connectivity index is 2.10. The van der Waals surface area contributed by atoms with Crippen LogP contribution in [0.3, 0.4) is 0 Å². The quantitative estimate of drug-likeness (QED) is 0.685. The summed E-state index contributed by atoms with van der Waals surface area (Å²) >= 11 is 0. The number of fused-ring (bicyclic) bond motifs is 2. The third-order valence-electron chi connectivity index (χ3n) is 3.29. The maximum atomic E-state index is 12.3. The molecule has 0 radical (unpaired) electrons. The number of ether oxygens (including phenoxy) is 3. The normalized spacial score (nSPS) is 26.9. The number of hydrogen-bond acceptors (Lipinski definition) is 4. The first-order valence-electron chi connectivity index (χ1n) is 6.70. The van der Waals surface area contributed by atoms with Crippen molar-refractivity contribution < 1.29 is 19.0 Å². The molecule has 0 N–H and O–H groups in total. The maximum absolute atomic E-state index is 12.3. The molecule has 0 saturated carbocycles. The van der Waals surface area contributed by atoms with Crippen LogP contribution in [0.5, 0.6) is 0 Å². The fraction of sp³-hybridized carbons (Fsp3) is 0.786. The standard InChI is InChI=1S/C14H23NO4/c1-14(2,3)19-13(16)15-11-5-10(7-17-4)6-12(15)9-18-8-11/h7,11-12H,5-6,8-9H2,1-4H3. The number of hydrogen-bond donors (Lipinski definition) is 0. The van der Waals surface area contributed by atoms with Crippen LogP contribution in [0.25, 0.3) is 0 Å². The lowest BCUT2D eigenvalue weighted by Crippen LogP contribution is -2.58. The second-order valence-corrected chi connectivity index (χ2v) is 6.15. The molecule has 2 aliphatic heterocycles. The zero-order chi connectivity index (χ0) is 14.0. The highest BCUT2D eigenvalue weighted by atomic mass is 16.6. The van der Waals surface area contributed by atoms with Crippen LogP contribution in [0.2, 0.25) is 0 Å². The van der Waals surface area contributed by atoms with Crippen molar-refractivity contribution in [3.05, 3.63) is 11.8 Å². The van der Waals surface area contributed by atoms with Gasteiger partial charge >= 0.3 is 6.09 Å². The lowest BCUT2D eigenvalue weighted by Gasteiger charge is -2.46. The van der Waals surface area contributed by atoms with E-state index < -0.39 is 5.60 Å². The average Bonchev–Trinajstić information content (AvgIpc) is 2.25. The van der Waals surface area contributed by atoms with Crippen molar-refractivity contribution in [2.45, 2.75) is 51.3 Å². The molecule has 2 aliphatic rings. The molecule has 0 spiro atoms. The number of piperidine rings is 1. The molecule has 19 heavy (non-hydrogen) atoms. The summed E-state index contributed by atoms with van der Waals surface area (Å²) < 4.78 is 16.1. The van der Waals surface area contributed by atoms with Crippen LogP contribution in [0.15, 0.2) is 11.8 Å². The molecular formula is C14H23NO4. The minimum atomic E-state index is -0.463. The summed E-state index contributed by atoms with van der Waals surface area (Å²) in [4.78, 5) is 14.1. The van der Waals surface area contributed by atoms with E-state index >= 15 is 0 Å². The minimum absolute atomic E-state index is 0.0590.